The van der Waals surface area contributed by atoms with Crippen LogP contribution in [0.2, 0.25) is 0 Å². The van der Waals surface area contributed by atoms with Gasteiger partial charge < -0.3 is 15.2 Å². The lowest BCUT2D eigenvalue weighted by Crippen LogP contribution is -2.10. The van der Waals surface area contributed by atoms with Crippen LogP contribution in [0, 0.1) is 6.92 Å². The van der Waals surface area contributed by atoms with Gasteiger partial charge in [-0.2, -0.15) is 0 Å². The summed E-state index contributed by atoms with van der Waals surface area (Å²) in [5.41, 5.74) is 1.46. The Morgan fingerprint density at radius 3 is 2.56 bits per heavy atom. The van der Waals surface area contributed by atoms with E-state index in [0.717, 1.165) is 17.3 Å². The van der Waals surface area contributed by atoms with E-state index in [1.807, 2.05) is 35.9 Å². The second-order valence-corrected chi connectivity index (χ2v) is 5.64. The fourth-order valence-corrected chi connectivity index (χ4v) is 2.48. The predicted octanol–water partition coefficient (Wildman–Crippen LogP) is 2.95. The van der Waals surface area contributed by atoms with Gasteiger partial charge in [0.2, 0.25) is 5.76 Å². The molecule has 3 heterocycles. The molecule has 2 N–H and O–H groups in total. The van der Waals surface area contributed by atoms with Crippen molar-refractivity contribution < 1.29 is 9.32 Å². The summed E-state index contributed by atoms with van der Waals surface area (Å²) in [4.78, 5) is 24.6. The van der Waals surface area contributed by atoms with Crippen LogP contribution < -0.4 is 10.6 Å². The van der Waals surface area contributed by atoms with Crippen molar-refractivity contribution in [3.63, 3.8) is 0 Å². The highest BCUT2D eigenvalue weighted by atomic mass is 16.5. The SMILES string of the molecule is Cc1nccn1-c1cc(Nc2ccc(NC(=O)c3ccno3)cc2)ncn1. The van der Waals surface area contributed by atoms with E-state index in [1.54, 1.807) is 18.3 Å². The maximum atomic E-state index is 11.9. The molecule has 0 aliphatic carbocycles. The van der Waals surface area contributed by atoms with Crippen LogP contribution in [0.5, 0.6) is 0 Å². The second kappa shape index (κ2) is 7.08. The molecular formula is C18H15N7O2. The number of imidazole rings is 1. The Morgan fingerprint density at radius 1 is 1.04 bits per heavy atom. The zero-order chi connectivity index (χ0) is 18.6. The van der Waals surface area contributed by atoms with Crippen molar-refractivity contribution in [3.05, 3.63) is 72.9 Å². The molecule has 0 atom stereocenters. The lowest BCUT2D eigenvalue weighted by atomic mass is 10.2. The number of nitrogens with zero attached hydrogens (tertiary/aromatic N) is 5. The van der Waals surface area contributed by atoms with Crippen LogP contribution in [0.4, 0.5) is 17.2 Å². The number of aryl methyl sites for hydroxylation is 1. The Balaban J connectivity index is 1.46. The largest absolute Gasteiger partial charge is 0.351 e. The summed E-state index contributed by atoms with van der Waals surface area (Å²) in [6.45, 7) is 1.90. The van der Waals surface area contributed by atoms with Crippen molar-refractivity contribution in [1.29, 1.82) is 0 Å². The first-order valence-electron chi connectivity index (χ1n) is 8.10. The molecule has 4 aromatic rings. The zero-order valence-corrected chi connectivity index (χ0v) is 14.3. The lowest BCUT2D eigenvalue weighted by molar-refractivity contribution is 0.0988. The summed E-state index contributed by atoms with van der Waals surface area (Å²) in [5.74, 6) is 2.00. The Kier molecular flexibility index (Phi) is 4.32. The molecule has 0 saturated carbocycles. The molecule has 0 fully saturated rings. The fraction of sp³-hybridized carbons (Fsp3) is 0.0556. The van der Waals surface area contributed by atoms with E-state index in [1.165, 1.54) is 18.6 Å². The van der Waals surface area contributed by atoms with Crippen LogP contribution in [0.3, 0.4) is 0 Å². The maximum Gasteiger partial charge on any atom is 0.294 e. The molecule has 4 rings (SSSR count). The summed E-state index contributed by atoms with van der Waals surface area (Å²) in [5, 5.41) is 9.45. The van der Waals surface area contributed by atoms with Crippen LogP contribution in [-0.4, -0.2) is 30.6 Å². The van der Waals surface area contributed by atoms with Gasteiger partial charge in [-0.05, 0) is 31.2 Å². The van der Waals surface area contributed by atoms with Crippen molar-refractivity contribution in [2.75, 3.05) is 10.6 Å². The molecule has 0 saturated heterocycles. The van der Waals surface area contributed by atoms with Gasteiger partial charge in [0.15, 0.2) is 0 Å². The number of aromatic nitrogens is 5. The van der Waals surface area contributed by atoms with Crippen LogP contribution in [0.25, 0.3) is 5.82 Å². The molecule has 0 radical (unpaired) electrons. The average molecular weight is 361 g/mol. The molecule has 27 heavy (non-hydrogen) atoms. The molecule has 1 aromatic carbocycles. The summed E-state index contributed by atoms with van der Waals surface area (Å²) in [6, 6.07) is 10.5. The first-order valence-corrected chi connectivity index (χ1v) is 8.10. The quantitative estimate of drug-likeness (QED) is 0.562. The van der Waals surface area contributed by atoms with Crippen LogP contribution >= 0.6 is 0 Å². The predicted molar refractivity (Wildman–Crippen MR) is 98.1 cm³/mol. The number of anilines is 3. The minimum Gasteiger partial charge on any atom is -0.351 e. The first-order chi connectivity index (χ1) is 13.2. The van der Waals surface area contributed by atoms with Gasteiger partial charge in [-0.15, -0.1) is 0 Å². The lowest BCUT2D eigenvalue weighted by Gasteiger charge is -2.09. The topological polar surface area (TPSA) is 111 Å². The van der Waals surface area contributed by atoms with Gasteiger partial charge in [-0.1, -0.05) is 5.16 Å². The summed E-state index contributed by atoms with van der Waals surface area (Å²) in [7, 11) is 0. The van der Waals surface area contributed by atoms with E-state index >= 15 is 0 Å². The number of carbonyl (C=O) groups is 1. The number of benzene rings is 1. The van der Waals surface area contributed by atoms with Gasteiger partial charge in [0.1, 0.15) is 23.8 Å². The number of carbonyl (C=O) groups excluding carboxylic acids is 1. The number of hydrogen-bond acceptors (Lipinski definition) is 7. The number of hydrogen-bond donors (Lipinski definition) is 2. The Bertz CT molecular complexity index is 1060. The smallest absolute Gasteiger partial charge is 0.294 e. The van der Waals surface area contributed by atoms with Crippen molar-refractivity contribution in [1.82, 2.24) is 24.7 Å². The molecule has 134 valence electrons. The van der Waals surface area contributed by atoms with Crippen LogP contribution in [0.15, 0.2) is 65.8 Å². The second-order valence-electron chi connectivity index (χ2n) is 5.64. The third kappa shape index (κ3) is 3.66. The molecule has 3 aromatic heterocycles. The van der Waals surface area contributed by atoms with Crippen molar-refractivity contribution >= 4 is 23.1 Å². The van der Waals surface area contributed by atoms with Gasteiger partial charge in [-0.3, -0.25) is 9.36 Å². The molecule has 0 spiro atoms. The maximum absolute atomic E-state index is 11.9. The molecule has 0 aliphatic heterocycles. The Morgan fingerprint density at radius 2 is 1.85 bits per heavy atom. The van der Waals surface area contributed by atoms with E-state index < -0.39 is 0 Å². The van der Waals surface area contributed by atoms with Gasteiger partial charge in [0.25, 0.3) is 5.91 Å². The van der Waals surface area contributed by atoms with E-state index in [0.29, 0.717) is 11.5 Å². The summed E-state index contributed by atoms with van der Waals surface area (Å²) < 4.78 is 6.70. The van der Waals surface area contributed by atoms with Crippen LogP contribution in [0.1, 0.15) is 16.4 Å². The Labute approximate surface area is 154 Å². The van der Waals surface area contributed by atoms with E-state index in [4.69, 9.17) is 4.52 Å². The molecule has 9 heteroatoms. The summed E-state index contributed by atoms with van der Waals surface area (Å²) in [6.07, 6.45) is 6.47. The van der Waals surface area contributed by atoms with Gasteiger partial charge in [-0.25, -0.2) is 15.0 Å². The average Bonchev–Trinajstić information content (AvgIpc) is 3.35. The normalized spacial score (nSPS) is 10.6. The monoisotopic (exact) mass is 361 g/mol. The molecule has 0 aliphatic rings. The Hall–Kier alpha value is -4.01. The molecular weight excluding hydrogens is 346 g/mol. The number of amides is 1. The van der Waals surface area contributed by atoms with E-state index in [9.17, 15) is 4.79 Å². The van der Waals surface area contributed by atoms with Crippen LogP contribution in [-0.2, 0) is 0 Å². The highest BCUT2D eigenvalue weighted by molar-refractivity contribution is 6.02. The third-order valence-electron chi connectivity index (χ3n) is 3.80. The molecule has 0 unspecified atom stereocenters. The van der Waals surface area contributed by atoms with Crippen molar-refractivity contribution in [2.24, 2.45) is 0 Å². The van der Waals surface area contributed by atoms with Gasteiger partial charge in [0, 0.05) is 35.9 Å². The highest BCUT2D eigenvalue weighted by Crippen LogP contribution is 2.19. The minimum absolute atomic E-state index is 0.153. The molecule has 0 bridgehead atoms. The molecule has 9 nitrogen and oxygen atoms in total. The van der Waals surface area contributed by atoms with Crippen molar-refractivity contribution in [2.45, 2.75) is 6.92 Å². The fourth-order valence-electron chi connectivity index (χ4n) is 2.48. The van der Waals surface area contributed by atoms with E-state index in [-0.39, 0.29) is 11.7 Å². The highest BCUT2D eigenvalue weighted by Gasteiger charge is 2.10. The zero-order valence-electron chi connectivity index (χ0n) is 14.3. The molecule has 1 amide bonds. The first kappa shape index (κ1) is 16.5. The van der Waals surface area contributed by atoms with Gasteiger partial charge in [0.05, 0.1) is 6.20 Å². The number of nitrogens with one attached hydrogen (secondary N) is 2. The van der Waals surface area contributed by atoms with Gasteiger partial charge >= 0.3 is 0 Å². The number of rotatable bonds is 5. The van der Waals surface area contributed by atoms with E-state index in [2.05, 4.69) is 30.7 Å². The standard InChI is InChI=1S/C18H15N7O2/c1-12-19-8-9-25(12)17-10-16(20-11-21-17)23-13-2-4-14(5-3-13)24-18(26)15-6-7-22-27-15/h2-11H,1H3,(H,24,26)(H,20,21,23). The summed E-state index contributed by atoms with van der Waals surface area (Å²) >= 11 is 0. The van der Waals surface area contributed by atoms with Crippen molar-refractivity contribution in [3.8, 4) is 5.82 Å². The minimum atomic E-state index is -0.357. The third-order valence-corrected chi connectivity index (χ3v) is 3.80.